The first-order chi connectivity index (χ1) is 19.2. The molecule has 1 aliphatic heterocycles. The Morgan fingerprint density at radius 3 is 2.45 bits per heavy atom. The minimum Gasteiger partial charge on any atom is -0.488 e. The lowest BCUT2D eigenvalue weighted by Gasteiger charge is -2.24. The number of rotatable bonds is 7. The third kappa shape index (κ3) is 5.92. The molecular weight excluding hydrogens is 656 g/mol. The highest BCUT2D eigenvalue weighted by Crippen LogP contribution is 2.31. The van der Waals surface area contributed by atoms with E-state index in [-0.39, 0.29) is 12.2 Å². The molecule has 0 amide bonds. The van der Waals surface area contributed by atoms with Crippen molar-refractivity contribution in [2.75, 3.05) is 6.61 Å². The second kappa shape index (κ2) is 12.1. The molecule has 9 heteroatoms. The van der Waals surface area contributed by atoms with Gasteiger partial charge in [0.2, 0.25) is 0 Å². The molecule has 0 radical (unpaired) electrons. The SMILES string of the molecule is CCOC(=O)C1=C(C)N=c2s/c(=C/c3ccc(OCc4ccc(Br)cc4)c(Br)c3)c(=O)n2[C@@H]1c1ccc(C)cc1. The molecule has 0 fully saturated rings. The minimum absolute atomic E-state index is 0.213. The van der Waals surface area contributed by atoms with Gasteiger partial charge in [0, 0.05) is 4.47 Å². The van der Waals surface area contributed by atoms with Crippen molar-refractivity contribution in [3.63, 3.8) is 0 Å². The Morgan fingerprint density at radius 2 is 1.77 bits per heavy atom. The van der Waals surface area contributed by atoms with Crippen molar-refractivity contribution in [1.29, 1.82) is 0 Å². The van der Waals surface area contributed by atoms with Gasteiger partial charge in [-0.3, -0.25) is 9.36 Å². The average Bonchev–Trinajstić information content (AvgIpc) is 3.23. The van der Waals surface area contributed by atoms with Gasteiger partial charge in [0.1, 0.15) is 12.4 Å². The van der Waals surface area contributed by atoms with Gasteiger partial charge in [0.05, 0.1) is 32.9 Å². The third-order valence-electron chi connectivity index (χ3n) is 6.47. The number of esters is 1. The quantitative estimate of drug-likeness (QED) is 0.218. The lowest BCUT2D eigenvalue weighted by Crippen LogP contribution is -2.39. The van der Waals surface area contributed by atoms with E-state index < -0.39 is 12.0 Å². The van der Waals surface area contributed by atoms with Gasteiger partial charge >= 0.3 is 5.97 Å². The molecule has 0 spiro atoms. The van der Waals surface area contributed by atoms with E-state index in [9.17, 15) is 9.59 Å². The Hall–Kier alpha value is -3.27. The summed E-state index contributed by atoms with van der Waals surface area (Å²) in [5, 5.41) is 0. The average molecular weight is 682 g/mol. The van der Waals surface area contributed by atoms with Crippen molar-refractivity contribution in [2.45, 2.75) is 33.4 Å². The number of fused-ring (bicyclic) bond motifs is 1. The van der Waals surface area contributed by atoms with Crippen LogP contribution in [0, 0.1) is 6.92 Å². The summed E-state index contributed by atoms with van der Waals surface area (Å²) in [6, 6.07) is 20.9. The molecule has 2 heterocycles. The first-order valence-electron chi connectivity index (χ1n) is 12.7. The lowest BCUT2D eigenvalue weighted by molar-refractivity contribution is -0.139. The maximum Gasteiger partial charge on any atom is 0.338 e. The molecule has 0 saturated heterocycles. The van der Waals surface area contributed by atoms with Crippen LogP contribution < -0.4 is 19.6 Å². The van der Waals surface area contributed by atoms with Crippen LogP contribution in [0.3, 0.4) is 0 Å². The van der Waals surface area contributed by atoms with Crippen LogP contribution in [0.15, 0.2) is 96.7 Å². The summed E-state index contributed by atoms with van der Waals surface area (Å²) < 4.78 is 15.3. The lowest BCUT2D eigenvalue weighted by atomic mass is 9.95. The Balaban J connectivity index is 1.51. The van der Waals surface area contributed by atoms with Gasteiger partial charge in [-0.2, -0.15) is 0 Å². The number of carbonyl (C=O) groups excluding carboxylic acids is 1. The van der Waals surface area contributed by atoms with E-state index in [2.05, 4.69) is 36.9 Å². The number of aromatic nitrogens is 1. The summed E-state index contributed by atoms with van der Waals surface area (Å²) in [5.74, 6) is 0.238. The van der Waals surface area contributed by atoms with Crippen LogP contribution in [-0.4, -0.2) is 17.1 Å². The number of carbonyl (C=O) groups is 1. The van der Waals surface area contributed by atoms with Crippen molar-refractivity contribution in [2.24, 2.45) is 4.99 Å². The number of hydrogen-bond acceptors (Lipinski definition) is 6. The molecule has 40 heavy (non-hydrogen) atoms. The van der Waals surface area contributed by atoms with Crippen LogP contribution in [0.2, 0.25) is 0 Å². The van der Waals surface area contributed by atoms with Crippen molar-refractivity contribution < 1.29 is 14.3 Å². The monoisotopic (exact) mass is 680 g/mol. The molecule has 0 aliphatic carbocycles. The van der Waals surface area contributed by atoms with Crippen molar-refractivity contribution in [3.05, 3.63) is 129 Å². The predicted molar refractivity (Wildman–Crippen MR) is 164 cm³/mol. The molecule has 0 N–H and O–H groups in total. The number of hydrogen-bond donors (Lipinski definition) is 0. The van der Waals surface area contributed by atoms with E-state index in [1.54, 1.807) is 18.4 Å². The number of nitrogens with zero attached hydrogens (tertiary/aromatic N) is 2. The molecule has 0 unspecified atom stereocenters. The Kier molecular flexibility index (Phi) is 8.54. The summed E-state index contributed by atoms with van der Waals surface area (Å²) in [6.07, 6.45) is 1.84. The van der Waals surface area contributed by atoms with Gasteiger partial charge in [0.25, 0.3) is 5.56 Å². The molecule has 204 valence electrons. The van der Waals surface area contributed by atoms with E-state index in [1.807, 2.05) is 79.7 Å². The number of allylic oxidation sites excluding steroid dienone is 1. The molecule has 3 aromatic carbocycles. The number of ether oxygens (including phenoxy) is 2. The maximum atomic E-state index is 13.8. The fourth-order valence-corrected chi connectivity index (χ4v) is 6.29. The first kappa shape index (κ1) is 28.3. The van der Waals surface area contributed by atoms with Crippen molar-refractivity contribution in [1.82, 2.24) is 4.57 Å². The van der Waals surface area contributed by atoms with Crippen LogP contribution in [0.1, 0.15) is 42.1 Å². The standard InChI is InChI=1S/C31H26Br2N2O4S/c1-4-38-30(37)27-19(3)34-31-35(28(27)22-10-5-18(2)6-11-22)29(36)26(40-31)16-21-9-14-25(24(33)15-21)39-17-20-7-12-23(32)13-8-20/h5-16,28H,4,17H2,1-3H3/b26-16+/t28-/m1/s1. The van der Waals surface area contributed by atoms with E-state index in [4.69, 9.17) is 9.47 Å². The minimum atomic E-state index is -0.626. The van der Waals surface area contributed by atoms with Gasteiger partial charge in [-0.1, -0.05) is 75.3 Å². The Morgan fingerprint density at radius 1 is 1.05 bits per heavy atom. The van der Waals surface area contributed by atoms with Gasteiger partial charge in [-0.25, -0.2) is 9.79 Å². The number of aryl methyl sites for hydroxylation is 1. The molecule has 1 aromatic heterocycles. The van der Waals surface area contributed by atoms with Crippen LogP contribution in [-0.2, 0) is 16.1 Å². The zero-order valence-corrected chi connectivity index (χ0v) is 26.1. The summed E-state index contributed by atoms with van der Waals surface area (Å²) in [4.78, 5) is 32.0. The van der Waals surface area contributed by atoms with Crippen molar-refractivity contribution >= 4 is 55.2 Å². The highest BCUT2D eigenvalue weighted by Gasteiger charge is 2.33. The smallest absolute Gasteiger partial charge is 0.338 e. The molecule has 1 aliphatic rings. The zero-order chi connectivity index (χ0) is 28.4. The van der Waals surface area contributed by atoms with Gasteiger partial charge in [0.15, 0.2) is 4.80 Å². The van der Waals surface area contributed by atoms with E-state index in [0.717, 1.165) is 31.2 Å². The molecule has 1 atom stereocenters. The third-order valence-corrected chi connectivity index (χ3v) is 8.60. The summed E-state index contributed by atoms with van der Waals surface area (Å²) in [6.45, 7) is 6.22. The molecule has 5 rings (SSSR count). The topological polar surface area (TPSA) is 69.9 Å². The van der Waals surface area contributed by atoms with Gasteiger partial charge in [-0.05, 0) is 83.7 Å². The second-order valence-electron chi connectivity index (χ2n) is 9.32. The largest absolute Gasteiger partial charge is 0.488 e. The van der Waals surface area contributed by atoms with E-state index >= 15 is 0 Å². The molecular formula is C31H26Br2N2O4S. The Bertz CT molecular complexity index is 1790. The van der Waals surface area contributed by atoms with Crippen LogP contribution >= 0.6 is 43.2 Å². The molecule has 6 nitrogen and oxygen atoms in total. The van der Waals surface area contributed by atoms with E-state index in [0.29, 0.717) is 33.0 Å². The zero-order valence-electron chi connectivity index (χ0n) is 22.1. The summed E-state index contributed by atoms with van der Waals surface area (Å²) in [5.41, 5.74) is 4.51. The fourth-order valence-electron chi connectivity index (χ4n) is 4.47. The molecule has 0 bridgehead atoms. The summed E-state index contributed by atoms with van der Waals surface area (Å²) >= 11 is 8.35. The predicted octanol–water partition coefficient (Wildman–Crippen LogP) is 6.21. The van der Waals surface area contributed by atoms with Crippen LogP contribution in [0.25, 0.3) is 6.08 Å². The second-order valence-corrected chi connectivity index (χ2v) is 12.1. The maximum absolute atomic E-state index is 13.8. The Labute approximate surface area is 252 Å². The first-order valence-corrected chi connectivity index (χ1v) is 15.1. The van der Waals surface area contributed by atoms with Gasteiger partial charge in [-0.15, -0.1) is 0 Å². The molecule has 0 saturated carbocycles. The van der Waals surface area contributed by atoms with E-state index in [1.165, 1.54) is 11.3 Å². The van der Waals surface area contributed by atoms with Crippen LogP contribution in [0.4, 0.5) is 0 Å². The normalized spacial score (nSPS) is 15.0. The molecule has 4 aromatic rings. The highest BCUT2D eigenvalue weighted by atomic mass is 79.9. The van der Waals surface area contributed by atoms with Gasteiger partial charge < -0.3 is 9.47 Å². The number of thiazole rings is 1. The number of halogens is 2. The fraction of sp³-hybridized carbons (Fsp3) is 0.194. The van der Waals surface area contributed by atoms with Crippen molar-refractivity contribution in [3.8, 4) is 5.75 Å². The number of benzene rings is 3. The highest BCUT2D eigenvalue weighted by molar-refractivity contribution is 9.10. The summed E-state index contributed by atoms with van der Waals surface area (Å²) in [7, 11) is 0. The van der Waals surface area contributed by atoms with Crippen LogP contribution in [0.5, 0.6) is 5.75 Å².